The van der Waals surface area contributed by atoms with Crippen LogP contribution in [0.5, 0.6) is 11.6 Å². The Morgan fingerprint density at radius 1 is 1.18 bits per heavy atom. The fourth-order valence-corrected chi connectivity index (χ4v) is 1.37. The normalized spacial score (nSPS) is 10.3. The number of ether oxygens (including phenoxy) is 1. The molecule has 0 saturated heterocycles. The van der Waals surface area contributed by atoms with E-state index >= 15 is 0 Å². The van der Waals surface area contributed by atoms with Crippen LogP contribution in [-0.4, -0.2) is 4.98 Å². The third-order valence-corrected chi connectivity index (χ3v) is 2.12. The number of pyridine rings is 1. The Morgan fingerprint density at radius 2 is 1.88 bits per heavy atom. The van der Waals surface area contributed by atoms with E-state index in [-0.39, 0.29) is 18.2 Å². The van der Waals surface area contributed by atoms with Crippen molar-refractivity contribution in [2.45, 2.75) is 6.54 Å². The average Bonchev–Trinajstić information content (AvgIpc) is 2.28. The highest BCUT2D eigenvalue weighted by Gasteiger charge is 2.07. The lowest BCUT2D eigenvalue weighted by molar-refractivity contribution is 0.445. The van der Waals surface area contributed by atoms with Gasteiger partial charge in [0.2, 0.25) is 5.88 Å². The molecule has 17 heavy (non-hydrogen) atoms. The predicted octanol–water partition coefficient (Wildman–Crippen LogP) is 2.61. The van der Waals surface area contributed by atoms with Gasteiger partial charge in [0, 0.05) is 36.5 Å². The van der Waals surface area contributed by atoms with Gasteiger partial charge in [0.15, 0.2) is 0 Å². The second-order valence-corrected chi connectivity index (χ2v) is 3.38. The van der Waals surface area contributed by atoms with Gasteiger partial charge >= 0.3 is 0 Å². The molecule has 2 aromatic rings. The van der Waals surface area contributed by atoms with E-state index in [1.165, 1.54) is 6.20 Å². The zero-order valence-corrected chi connectivity index (χ0v) is 8.86. The minimum Gasteiger partial charge on any atom is -0.438 e. The van der Waals surface area contributed by atoms with Crippen LogP contribution in [0.3, 0.4) is 0 Å². The standard InChI is InChI=1S/C12H10F2N2O/c13-9-4-10(14)6-11(5-9)17-12-8(7-15)2-1-3-16-12/h1-6H,7,15H2. The van der Waals surface area contributed by atoms with Gasteiger partial charge in [0.25, 0.3) is 0 Å². The Hall–Kier alpha value is -2.01. The summed E-state index contributed by atoms with van der Waals surface area (Å²) < 4.78 is 31.2. The van der Waals surface area contributed by atoms with Crippen LogP contribution < -0.4 is 10.5 Å². The molecule has 2 N–H and O–H groups in total. The summed E-state index contributed by atoms with van der Waals surface area (Å²) in [5, 5.41) is 0. The summed E-state index contributed by atoms with van der Waals surface area (Å²) >= 11 is 0. The summed E-state index contributed by atoms with van der Waals surface area (Å²) in [5.74, 6) is -1.11. The highest BCUT2D eigenvalue weighted by atomic mass is 19.1. The first-order valence-electron chi connectivity index (χ1n) is 4.97. The summed E-state index contributed by atoms with van der Waals surface area (Å²) in [7, 11) is 0. The van der Waals surface area contributed by atoms with Crippen LogP contribution in [0.15, 0.2) is 36.5 Å². The monoisotopic (exact) mass is 236 g/mol. The van der Waals surface area contributed by atoms with Gasteiger partial charge < -0.3 is 10.5 Å². The maximum absolute atomic E-state index is 12.9. The van der Waals surface area contributed by atoms with Gasteiger partial charge in [-0.25, -0.2) is 13.8 Å². The van der Waals surface area contributed by atoms with Crippen LogP contribution in [0, 0.1) is 11.6 Å². The molecule has 1 aromatic carbocycles. The molecular formula is C12H10F2N2O. The minimum atomic E-state index is -0.703. The predicted molar refractivity (Wildman–Crippen MR) is 58.6 cm³/mol. The van der Waals surface area contributed by atoms with Crippen molar-refractivity contribution in [3.63, 3.8) is 0 Å². The Balaban J connectivity index is 2.31. The molecule has 3 nitrogen and oxygen atoms in total. The first kappa shape index (κ1) is 11.5. The summed E-state index contributed by atoms with van der Waals surface area (Å²) in [6, 6.07) is 6.38. The summed E-state index contributed by atoms with van der Waals surface area (Å²) in [6.07, 6.45) is 1.52. The molecule has 1 heterocycles. The van der Waals surface area contributed by atoms with Crippen molar-refractivity contribution in [1.29, 1.82) is 0 Å². The van der Waals surface area contributed by atoms with E-state index in [0.717, 1.165) is 18.2 Å². The van der Waals surface area contributed by atoms with Crippen LogP contribution in [0.1, 0.15) is 5.56 Å². The molecule has 0 fully saturated rings. The molecule has 88 valence electrons. The lowest BCUT2D eigenvalue weighted by Gasteiger charge is -2.08. The van der Waals surface area contributed by atoms with Crippen LogP contribution in [0.2, 0.25) is 0 Å². The third kappa shape index (κ3) is 2.76. The zero-order valence-electron chi connectivity index (χ0n) is 8.86. The molecular weight excluding hydrogens is 226 g/mol. The molecule has 5 heteroatoms. The van der Waals surface area contributed by atoms with Crippen molar-refractivity contribution < 1.29 is 13.5 Å². The molecule has 0 aliphatic carbocycles. The van der Waals surface area contributed by atoms with Crippen LogP contribution in [-0.2, 0) is 6.54 Å². The largest absolute Gasteiger partial charge is 0.438 e. The molecule has 0 amide bonds. The zero-order chi connectivity index (χ0) is 12.3. The van der Waals surface area contributed by atoms with Crippen molar-refractivity contribution >= 4 is 0 Å². The topological polar surface area (TPSA) is 48.1 Å². The molecule has 1 aromatic heterocycles. The molecule has 0 spiro atoms. The van der Waals surface area contributed by atoms with Gasteiger partial charge in [-0.3, -0.25) is 0 Å². The fourth-order valence-electron chi connectivity index (χ4n) is 1.37. The second-order valence-electron chi connectivity index (χ2n) is 3.38. The van der Waals surface area contributed by atoms with Crippen molar-refractivity contribution in [1.82, 2.24) is 4.98 Å². The van der Waals surface area contributed by atoms with E-state index in [1.807, 2.05) is 0 Å². The van der Waals surface area contributed by atoms with Crippen LogP contribution >= 0.6 is 0 Å². The maximum Gasteiger partial charge on any atom is 0.223 e. The number of nitrogens with two attached hydrogens (primary N) is 1. The first-order valence-corrected chi connectivity index (χ1v) is 4.97. The number of nitrogens with zero attached hydrogens (tertiary/aromatic N) is 1. The van der Waals surface area contributed by atoms with Crippen molar-refractivity contribution in [2.75, 3.05) is 0 Å². The van der Waals surface area contributed by atoms with Crippen LogP contribution in [0.4, 0.5) is 8.78 Å². The SMILES string of the molecule is NCc1cccnc1Oc1cc(F)cc(F)c1. The molecule has 0 unspecified atom stereocenters. The number of hydrogen-bond donors (Lipinski definition) is 1. The quantitative estimate of drug-likeness (QED) is 0.891. The summed E-state index contributed by atoms with van der Waals surface area (Å²) in [5.41, 5.74) is 6.16. The molecule has 2 rings (SSSR count). The maximum atomic E-state index is 12.9. The van der Waals surface area contributed by atoms with Gasteiger partial charge in [-0.15, -0.1) is 0 Å². The minimum absolute atomic E-state index is 0.0518. The Bertz CT molecular complexity index is 511. The number of benzene rings is 1. The van der Waals surface area contributed by atoms with Gasteiger partial charge in [-0.2, -0.15) is 0 Å². The number of halogens is 2. The van der Waals surface area contributed by atoms with Gasteiger partial charge in [-0.05, 0) is 6.07 Å². The van der Waals surface area contributed by atoms with Gasteiger partial charge in [-0.1, -0.05) is 6.07 Å². The van der Waals surface area contributed by atoms with Gasteiger partial charge in [0.1, 0.15) is 17.4 Å². The Labute approximate surface area is 96.9 Å². The summed E-state index contributed by atoms with van der Waals surface area (Å²) in [6.45, 7) is 0.237. The van der Waals surface area contributed by atoms with Crippen molar-refractivity contribution in [2.24, 2.45) is 5.73 Å². The second kappa shape index (κ2) is 4.88. The molecule has 0 saturated carbocycles. The average molecular weight is 236 g/mol. The Kier molecular flexibility index (Phi) is 3.30. The highest BCUT2D eigenvalue weighted by molar-refractivity contribution is 5.32. The molecule has 0 radical (unpaired) electrons. The number of aromatic nitrogens is 1. The number of rotatable bonds is 3. The number of hydrogen-bond acceptors (Lipinski definition) is 3. The Morgan fingerprint density at radius 3 is 2.53 bits per heavy atom. The lowest BCUT2D eigenvalue weighted by Crippen LogP contribution is -2.01. The smallest absolute Gasteiger partial charge is 0.223 e. The van der Waals surface area contributed by atoms with E-state index in [4.69, 9.17) is 10.5 Å². The molecule has 0 bridgehead atoms. The molecule has 0 atom stereocenters. The molecule has 0 aliphatic rings. The lowest BCUT2D eigenvalue weighted by atomic mass is 10.2. The van der Waals surface area contributed by atoms with E-state index in [2.05, 4.69) is 4.98 Å². The van der Waals surface area contributed by atoms with Crippen molar-refractivity contribution in [3.8, 4) is 11.6 Å². The van der Waals surface area contributed by atoms with Crippen LogP contribution in [0.25, 0.3) is 0 Å². The van der Waals surface area contributed by atoms with E-state index in [0.29, 0.717) is 5.56 Å². The summed E-state index contributed by atoms with van der Waals surface area (Å²) in [4.78, 5) is 3.96. The first-order chi connectivity index (χ1) is 8.19. The highest BCUT2D eigenvalue weighted by Crippen LogP contribution is 2.24. The van der Waals surface area contributed by atoms with Gasteiger partial charge in [0.05, 0.1) is 0 Å². The van der Waals surface area contributed by atoms with E-state index < -0.39 is 11.6 Å². The third-order valence-electron chi connectivity index (χ3n) is 2.12. The van der Waals surface area contributed by atoms with E-state index in [1.54, 1.807) is 12.1 Å². The molecule has 0 aliphatic heterocycles. The van der Waals surface area contributed by atoms with Crippen molar-refractivity contribution in [3.05, 3.63) is 53.7 Å². The fraction of sp³-hybridized carbons (Fsp3) is 0.0833. The van der Waals surface area contributed by atoms with E-state index in [9.17, 15) is 8.78 Å².